The Balaban J connectivity index is 3.00. The van der Waals surface area contributed by atoms with Gasteiger partial charge in [-0.05, 0) is 40.5 Å². The molecule has 0 heterocycles. The topological polar surface area (TPSA) is 50.1 Å². The minimum absolute atomic E-state index is 0.0702. The van der Waals surface area contributed by atoms with Crippen LogP contribution in [0.15, 0.2) is 16.6 Å². The van der Waals surface area contributed by atoms with Gasteiger partial charge in [0.25, 0.3) is 0 Å². The summed E-state index contributed by atoms with van der Waals surface area (Å²) in [5, 5.41) is 9.22. The number of nitriles is 1. The van der Waals surface area contributed by atoms with Gasteiger partial charge in [0.2, 0.25) is 0 Å². The minimum atomic E-state index is -0.355. The van der Waals surface area contributed by atoms with Gasteiger partial charge in [-0.25, -0.2) is 0 Å². The average molecular weight is 303 g/mol. The molecule has 3 nitrogen and oxygen atoms in total. The highest BCUT2D eigenvalue weighted by atomic mass is 79.9. The molecule has 0 spiro atoms. The van der Waals surface area contributed by atoms with Crippen molar-refractivity contribution in [2.24, 2.45) is 0 Å². The molecule has 0 saturated carbocycles. The third-order valence-corrected chi connectivity index (χ3v) is 3.17. The van der Waals surface area contributed by atoms with Crippen molar-refractivity contribution in [3.8, 4) is 6.07 Å². The van der Waals surface area contributed by atoms with Crippen LogP contribution in [0.5, 0.6) is 0 Å². The molecule has 84 valence electrons. The van der Waals surface area contributed by atoms with Gasteiger partial charge in [-0.3, -0.25) is 4.79 Å². The maximum atomic E-state index is 11.3. The van der Waals surface area contributed by atoms with E-state index in [-0.39, 0.29) is 12.4 Å². The summed E-state index contributed by atoms with van der Waals surface area (Å²) in [4.78, 5) is 11.3. The van der Waals surface area contributed by atoms with Gasteiger partial charge in [0.15, 0.2) is 0 Å². The number of benzene rings is 1. The summed E-state index contributed by atoms with van der Waals surface area (Å²) in [7, 11) is 0. The Bertz CT molecular complexity index is 454. The fourth-order valence-corrected chi connectivity index (χ4v) is 1.88. The lowest BCUT2D eigenvalue weighted by Gasteiger charge is -2.06. The summed E-state index contributed by atoms with van der Waals surface area (Å²) in [5.41, 5.74) is 1.04. The van der Waals surface area contributed by atoms with Crippen molar-refractivity contribution in [1.82, 2.24) is 0 Å². The highest BCUT2D eigenvalue weighted by molar-refractivity contribution is 9.10. The molecule has 16 heavy (non-hydrogen) atoms. The molecule has 0 amide bonds. The Labute approximate surface area is 107 Å². The number of carbonyl (C=O) groups is 1. The van der Waals surface area contributed by atoms with Crippen LogP contribution in [-0.2, 0) is 16.0 Å². The SMILES string of the molecule is CCOC(=O)Cc1cc(C#N)cc(Br)c1Cl. The molecule has 0 unspecified atom stereocenters. The van der Waals surface area contributed by atoms with Crippen molar-refractivity contribution in [1.29, 1.82) is 5.26 Å². The summed E-state index contributed by atoms with van der Waals surface area (Å²) in [5.74, 6) is -0.355. The number of rotatable bonds is 3. The van der Waals surface area contributed by atoms with Crippen LogP contribution in [0.25, 0.3) is 0 Å². The zero-order valence-corrected chi connectivity index (χ0v) is 10.9. The molecule has 0 saturated heterocycles. The van der Waals surface area contributed by atoms with Crippen molar-refractivity contribution >= 4 is 33.5 Å². The first-order chi connectivity index (χ1) is 7.58. The van der Waals surface area contributed by atoms with E-state index in [1.807, 2.05) is 6.07 Å². The Hall–Kier alpha value is -1.05. The van der Waals surface area contributed by atoms with Gasteiger partial charge in [0, 0.05) is 4.47 Å². The molecule has 0 aliphatic carbocycles. The molecular weight excluding hydrogens is 293 g/mol. The average Bonchev–Trinajstić information content (AvgIpc) is 2.24. The third kappa shape index (κ3) is 3.22. The predicted molar refractivity (Wildman–Crippen MR) is 64.2 cm³/mol. The Morgan fingerprint density at radius 3 is 2.88 bits per heavy atom. The summed E-state index contributed by atoms with van der Waals surface area (Å²) in [6, 6.07) is 5.20. The molecule has 1 rings (SSSR count). The van der Waals surface area contributed by atoms with Gasteiger partial charge < -0.3 is 4.74 Å². The molecule has 0 radical (unpaired) electrons. The zero-order valence-electron chi connectivity index (χ0n) is 8.59. The summed E-state index contributed by atoms with van der Waals surface area (Å²) < 4.78 is 5.42. The molecule has 5 heteroatoms. The number of halogens is 2. The molecular formula is C11H9BrClNO2. The normalized spacial score (nSPS) is 9.62. The fourth-order valence-electron chi connectivity index (χ4n) is 1.21. The molecule has 1 aromatic carbocycles. The van der Waals surface area contributed by atoms with E-state index in [9.17, 15) is 4.79 Å². The van der Waals surface area contributed by atoms with E-state index in [0.717, 1.165) is 0 Å². The van der Waals surface area contributed by atoms with Gasteiger partial charge in [0.1, 0.15) is 0 Å². The first-order valence-corrected chi connectivity index (χ1v) is 5.79. The van der Waals surface area contributed by atoms with Crippen molar-refractivity contribution in [2.45, 2.75) is 13.3 Å². The Kier molecular flexibility index (Phi) is 4.78. The maximum absolute atomic E-state index is 11.3. The number of hydrogen-bond acceptors (Lipinski definition) is 3. The lowest BCUT2D eigenvalue weighted by Crippen LogP contribution is -2.08. The number of nitrogens with zero attached hydrogens (tertiary/aromatic N) is 1. The van der Waals surface area contributed by atoms with Crippen LogP contribution in [0.3, 0.4) is 0 Å². The minimum Gasteiger partial charge on any atom is -0.466 e. The predicted octanol–water partition coefficient (Wildman–Crippen LogP) is 3.08. The van der Waals surface area contributed by atoms with Crippen LogP contribution in [0, 0.1) is 11.3 Å². The molecule has 0 aliphatic heterocycles. The van der Waals surface area contributed by atoms with Gasteiger partial charge in [0.05, 0.1) is 29.7 Å². The molecule has 1 aromatic rings. The van der Waals surface area contributed by atoms with Gasteiger partial charge in [-0.15, -0.1) is 0 Å². The number of hydrogen-bond donors (Lipinski definition) is 0. The van der Waals surface area contributed by atoms with Crippen LogP contribution >= 0.6 is 27.5 Å². The second-order valence-electron chi connectivity index (χ2n) is 3.02. The molecule has 0 bridgehead atoms. The van der Waals surface area contributed by atoms with E-state index in [1.165, 1.54) is 0 Å². The zero-order chi connectivity index (χ0) is 12.1. The second-order valence-corrected chi connectivity index (χ2v) is 4.26. The smallest absolute Gasteiger partial charge is 0.310 e. The van der Waals surface area contributed by atoms with E-state index in [0.29, 0.717) is 27.2 Å². The lowest BCUT2D eigenvalue weighted by atomic mass is 10.1. The van der Waals surface area contributed by atoms with Gasteiger partial charge in [-0.2, -0.15) is 5.26 Å². The quantitative estimate of drug-likeness (QED) is 0.806. The van der Waals surface area contributed by atoms with E-state index < -0.39 is 0 Å². The molecule has 0 atom stereocenters. The maximum Gasteiger partial charge on any atom is 0.310 e. The monoisotopic (exact) mass is 301 g/mol. The molecule has 0 aliphatic rings. The Morgan fingerprint density at radius 1 is 1.62 bits per heavy atom. The largest absolute Gasteiger partial charge is 0.466 e. The summed E-state index contributed by atoms with van der Waals surface area (Å²) in [6.07, 6.45) is 0.0702. The second kappa shape index (κ2) is 5.88. The molecule has 0 aromatic heterocycles. The lowest BCUT2D eigenvalue weighted by molar-refractivity contribution is -0.142. The van der Waals surface area contributed by atoms with E-state index in [4.69, 9.17) is 21.6 Å². The van der Waals surface area contributed by atoms with E-state index >= 15 is 0 Å². The van der Waals surface area contributed by atoms with Crippen LogP contribution in [-0.4, -0.2) is 12.6 Å². The summed E-state index contributed by atoms with van der Waals surface area (Å²) in [6.45, 7) is 2.07. The van der Waals surface area contributed by atoms with Crippen molar-refractivity contribution in [3.05, 3.63) is 32.8 Å². The van der Waals surface area contributed by atoms with Crippen LogP contribution in [0.4, 0.5) is 0 Å². The fraction of sp³-hybridized carbons (Fsp3) is 0.273. The first kappa shape index (κ1) is 13.0. The van der Waals surface area contributed by atoms with Gasteiger partial charge >= 0.3 is 5.97 Å². The molecule has 0 N–H and O–H groups in total. The number of ether oxygens (including phenoxy) is 1. The Morgan fingerprint density at radius 2 is 2.31 bits per heavy atom. The third-order valence-electron chi connectivity index (χ3n) is 1.87. The van der Waals surface area contributed by atoms with Crippen LogP contribution in [0.1, 0.15) is 18.1 Å². The highest BCUT2D eigenvalue weighted by Gasteiger charge is 2.11. The van der Waals surface area contributed by atoms with Crippen molar-refractivity contribution in [3.63, 3.8) is 0 Å². The summed E-state index contributed by atoms with van der Waals surface area (Å²) >= 11 is 9.23. The highest BCUT2D eigenvalue weighted by Crippen LogP contribution is 2.28. The first-order valence-electron chi connectivity index (χ1n) is 4.62. The van der Waals surface area contributed by atoms with Crippen LogP contribution in [0.2, 0.25) is 5.02 Å². The van der Waals surface area contributed by atoms with E-state index in [2.05, 4.69) is 15.9 Å². The standard InChI is InChI=1S/C11H9BrClNO2/c1-2-16-10(15)5-8-3-7(6-14)4-9(12)11(8)13/h3-4H,2,5H2,1H3. The van der Waals surface area contributed by atoms with Gasteiger partial charge in [-0.1, -0.05) is 11.6 Å². The van der Waals surface area contributed by atoms with Crippen molar-refractivity contribution in [2.75, 3.05) is 6.61 Å². The molecule has 0 fully saturated rings. The number of esters is 1. The van der Waals surface area contributed by atoms with E-state index in [1.54, 1.807) is 19.1 Å². The van der Waals surface area contributed by atoms with Crippen molar-refractivity contribution < 1.29 is 9.53 Å². The van der Waals surface area contributed by atoms with Crippen LogP contribution < -0.4 is 0 Å². The number of carbonyl (C=O) groups excluding carboxylic acids is 1.